The minimum absolute atomic E-state index is 0.0386. The average Bonchev–Trinajstić information content (AvgIpc) is 3.65. The fraction of sp³-hybridized carbons (Fsp3) is 0.276. The topological polar surface area (TPSA) is 98.3 Å². The monoisotopic (exact) mass is 512 g/mol. The van der Waals surface area contributed by atoms with Gasteiger partial charge < -0.3 is 20.7 Å². The van der Waals surface area contributed by atoms with Crippen LogP contribution in [-0.2, 0) is 25.1 Å². The Bertz CT molecular complexity index is 1470. The first-order valence-electron chi connectivity index (χ1n) is 12.8. The molecular weight excluding hydrogens is 483 g/mol. The van der Waals surface area contributed by atoms with Gasteiger partial charge in [-0.25, -0.2) is 14.2 Å². The number of hydrogen-bond acceptors (Lipinski definition) is 5. The highest BCUT2D eigenvalue weighted by Gasteiger charge is 2.46. The maximum atomic E-state index is 14.0. The van der Waals surface area contributed by atoms with E-state index in [1.165, 1.54) is 6.07 Å². The predicted molar refractivity (Wildman–Crippen MR) is 142 cm³/mol. The highest BCUT2D eigenvalue weighted by molar-refractivity contribution is 5.75. The summed E-state index contributed by atoms with van der Waals surface area (Å²) in [6.45, 7) is 2.73. The van der Waals surface area contributed by atoms with Crippen LogP contribution < -0.4 is 15.8 Å². The lowest BCUT2D eigenvalue weighted by molar-refractivity contribution is 0.205. The van der Waals surface area contributed by atoms with Gasteiger partial charge in [-0.05, 0) is 36.6 Å². The Hall–Kier alpha value is -4.40. The molecule has 2 aliphatic rings. The zero-order valence-corrected chi connectivity index (χ0v) is 20.9. The first kappa shape index (κ1) is 24.0. The zero-order chi connectivity index (χ0) is 26.1. The van der Waals surface area contributed by atoms with E-state index in [4.69, 9.17) is 15.6 Å². The quantitative estimate of drug-likeness (QED) is 0.396. The van der Waals surface area contributed by atoms with E-state index in [0.29, 0.717) is 30.9 Å². The molecule has 6 rings (SSSR count). The van der Waals surface area contributed by atoms with Gasteiger partial charge in [0.1, 0.15) is 12.4 Å². The van der Waals surface area contributed by atoms with E-state index in [1.54, 1.807) is 30.5 Å². The van der Waals surface area contributed by atoms with Crippen LogP contribution >= 0.6 is 0 Å². The molecular formula is C29H29FN6O2. The second-order valence-corrected chi connectivity index (χ2v) is 9.97. The number of hydrogen-bond donors (Lipinski definition) is 2. The third kappa shape index (κ3) is 4.55. The van der Waals surface area contributed by atoms with Crippen molar-refractivity contribution in [3.63, 3.8) is 0 Å². The van der Waals surface area contributed by atoms with Crippen molar-refractivity contribution in [2.45, 2.75) is 38.0 Å². The second kappa shape index (κ2) is 9.81. The number of amides is 2. The summed E-state index contributed by atoms with van der Waals surface area (Å²) in [5, 5.41) is 7.88. The normalized spacial score (nSPS) is 18.1. The van der Waals surface area contributed by atoms with Crippen molar-refractivity contribution in [2.75, 3.05) is 18.8 Å². The van der Waals surface area contributed by atoms with Gasteiger partial charge in [0.15, 0.2) is 11.6 Å². The Kier molecular flexibility index (Phi) is 6.19. The number of nitrogens with zero attached hydrogens (tertiary/aromatic N) is 4. The fourth-order valence-electron chi connectivity index (χ4n) is 5.43. The third-order valence-corrected chi connectivity index (χ3v) is 7.57. The summed E-state index contributed by atoms with van der Waals surface area (Å²) in [7, 11) is 0. The number of urea groups is 1. The fourth-order valence-corrected chi connectivity index (χ4v) is 5.43. The van der Waals surface area contributed by atoms with Gasteiger partial charge in [0, 0.05) is 54.6 Å². The number of nitrogens with one attached hydrogen (secondary N) is 1. The molecule has 9 heteroatoms. The summed E-state index contributed by atoms with van der Waals surface area (Å²) in [6.07, 6.45) is 3.52. The van der Waals surface area contributed by atoms with E-state index in [1.807, 2.05) is 39.9 Å². The summed E-state index contributed by atoms with van der Waals surface area (Å²) in [6, 6.07) is 20.2. The molecule has 2 aromatic carbocycles. The molecule has 38 heavy (non-hydrogen) atoms. The molecule has 4 heterocycles. The standard InChI is InChI=1S/C29H29FN6O2/c30-23-9-5-4-8-21(23)18-38-25-14-22(17-32-27(25)31)24-15-26-29(11-13-36(26)34-24)10-12-35(19-29)28(37)33-16-20-6-2-1-3-7-20/h1-9,14-15,17H,10-13,16,18-19H2,(H2,31,32)(H,33,37). The number of nitrogens with two attached hydrogens (primary N) is 1. The Balaban J connectivity index is 1.16. The number of fused-ring (bicyclic) bond motifs is 2. The molecule has 4 aromatic rings. The maximum Gasteiger partial charge on any atom is 0.317 e. The van der Waals surface area contributed by atoms with Gasteiger partial charge in [-0.3, -0.25) is 4.68 Å². The number of ether oxygens (including phenoxy) is 1. The Morgan fingerprint density at radius 2 is 1.87 bits per heavy atom. The Labute approximate surface area is 220 Å². The van der Waals surface area contributed by atoms with E-state index in [0.717, 1.165) is 41.9 Å². The average molecular weight is 513 g/mol. The van der Waals surface area contributed by atoms with Crippen molar-refractivity contribution in [3.8, 4) is 17.0 Å². The van der Waals surface area contributed by atoms with Crippen molar-refractivity contribution < 1.29 is 13.9 Å². The molecule has 1 saturated heterocycles. The molecule has 1 spiro atoms. The van der Waals surface area contributed by atoms with Crippen LogP contribution in [0.3, 0.4) is 0 Å². The molecule has 1 atom stereocenters. The lowest BCUT2D eigenvalue weighted by Gasteiger charge is -2.23. The number of carbonyl (C=O) groups excluding carboxylic acids is 1. The largest absolute Gasteiger partial charge is 0.485 e. The molecule has 1 unspecified atom stereocenters. The number of aryl methyl sites for hydroxylation is 1. The van der Waals surface area contributed by atoms with Gasteiger partial charge in [-0.15, -0.1) is 0 Å². The molecule has 2 aliphatic heterocycles. The molecule has 8 nitrogen and oxygen atoms in total. The van der Waals surface area contributed by atoms with E-state index >= 15 is 0 Å². The Morgan fingerprint density at radius 3 is 2.71 bits per heavy atom. The molecule has 0 saturated carbocycles. The number of nitrogen functional groups attached to an aromatic ring is 1. The summed E-state index contributed by atoms with van der Waals surface area (Å²) in [5.41, 5.74) is 10.1. The molecule has 0 aliphatic carbocycles. The van der Waals surface area contributed by atoms with Crippen LogP contribution in [0.2, 0.25) is 0 Å². The summed E-state index contributed by atoms with van der Waals surface area (Å²) < 4.78 is 21.9. The van der Waals surface area contributed by atoms with Crippen LogP contribution in [-0.4, -0.2) is 38.8 Å². The minimum Gasteiger partial charge on any atom is -0.485 e. The van der Waals surface area contributed by atoms with E-state index in [2.05, 4.69) is 16.4 Å². The summed E-state index contributed by atoms with van der Waals surface area (Å²) in [5.74, 6) is 0.294. The van der Waals surface area contributed by atoms with Crippen molar-refractivity contribution >= 4 is 11.8 Å². The number of benzene rings is 2. The molecule has 2 aromatic heterocycles. The van der Waals surface area contributed by atoms with Crippen molar-refractivity contribution in [1.29, 1.82) is 0 Å². The van der Waals surface area contributed by atoms with Crippen LogP contribution in [0, 0.1) is 5.82 Å². The number of likely N-dealkylation sites (tertiary alicyclic amines) is 1. The van der Waals surface area contributed by atoms with E-state index < -0.39 is 0 Å². The maximum absolute atomic E-state index is 14.0. The highest BCUT2D eigenvalue weighted by Crippen LogP contribution is 2.44. The number of rotatable bonds is 6. The SMILES string of the molecule is Nc1ncc(-c2cc3n(n2)CCC32CCN(C(=O)NCc3ccccc3)C2)cc1OCc1ccccc1F. The van der Waals surface area contributed by atoms with Gasteiger partial charge in [0.25, 0.3) is 0 Å². The van der Waals surface area contributed by atoms with Crippen molar-refractivity contribution in [2.24, 2.45) is 0 Å². The van der Waals surface area contributed by atoms with E-state index in [-0.39, 0.29) is 29.7 Å². The number of carbonyl (C=O) groups is 1. The lowest BCUT2D eigenvalue weighted by atomic mass is 9.82. The predicted octanol–water partition coefficient (Wildman–Crippen LogP) is 4.50. The summed E-state index contributed by atoms with van der Waals surface area (Å²) in [4.78, 5) is 19.1. The van der Waals surface area contributed by atoms with Gasteiger partial charge in [0.2, 0.25) is 0 Å². The van der Waals surface area contributed by atoms with Crippen LogP contribution in [0.1, 0.15) is 29.7 Å². The first-order valence-corrected chi connectivity index (χ1v) is 12.8. The Morgan fingerprint density at radius 1 is 1.08 bits per heavy atom. The number of halogens is 1. The highest BCUT2D eigenvalue weighted by atomic mass is 19.1. The number of pyridine rings is 1. The van der Waals surface area contributed by atoms with Gasteiger partial charge >= 0.3 is 6.03 Å². The molecule has 194 valence electrons. The van der Waals surface area contributed by atoms with Gasteiger partial charge in [-0.2, -0.15) is 5.10 Å². The lowest BCUT2D eigenvalue weighted by Crippen LogP contribution is -2.40. The van der Waals surface area contributed by atoms with Gasteiger partial charge in [-0.1, -0.05) is 48.5 Å². The van der Waals surface area contributed by atoms with Crippen LogP contribution in [0.15, 0.2) is 72.9 Å². The first-order chi connectivity index (χ1) is 18.5. The molecule has 3 N–H and O–H groups in total. The van der Waals surface area contributed by atoms with Crippen molar-refractivity contribution in [3.05, 3.63) is 95.6 Å². The van der Waals surface area contributed by atoms with Crippen LogP contribution in [0.25, 0.3) is 11.3 Å². The third-order valence-electron chi connectivity index (χ3n) is 7.57. The van der Waals surface area contributed by atoms with Crippen LogP contribution in [0.5, 0.6) is 5.75 Å². The number of aromatic nitrogens is 3. The van der Waals surface area contributed by atoms with Crippen molar-refractivity contribution in [1.82, 2.24) is 25.0 Å². The molecule has 2 amide bonds. The summed E-state index contributed by atoms with van der Waals surface area (Å²) >= 11 is 0. The number of anilines is 1. The second-order valence-electron chi connectivity index (χ2n) is 9.97. The molecule has 0 radical (unpaired) electrons. The van der Waals surface area contributed by atoms with E-state index in [9.17, 15) is 9.18 Å². The minimum atomic E-state index is -0.328. The van der Waals surface area contributed by atoms with Crippen LogP contribution in [0.4, 0.5) is 15.0 Å². The molecule has 1 fully saturated rings. The van der Waals surface area contributed by atoms with Gasteiger partial charge in [0.05, 0.1) is 5.69 Å². The zero-order valence-electron chi connectivity index (χ0n) is 20.9. The molecule has 0 bridgehead atoms. The smallest absolute Gasteiger partial charge is 0.317 e.